The molecule has 152 valence electrons. The fraction of sp³-hybridized carbons (Fsp3) is 0.238. The van der Waals surface area contributed by atoms with Crippen molar-refractivity contribution in [3.05, 3.63) is 64.1 Å². The SMILES string of the molecule is Cc1noc(-c2c(NC(=O)c3cnn(-c4ccccc4)c3C)sc3c2CCOC3)n1. The van der Waals surface area contributed by atoms with Crippen LogP contribution in [0.1, 0.15) is 32.3 Å². The number of fused-ring (bicyclic) bond motifs is 1. The molecular weight excluding hydrogens is 402 g/mol. The zero-order chi connectivity index (χ0) is 20.7. The molecule has 5 rings (SSSR count). The Hall–Kier alpha value is -3.30. The number of anilines is 1. The average Bonchev–Trinajstić information content (AvgIpc) is 3.44. The molecule has 1 aliphatic heterocycles. The number of hydrogen-bond donors (Lipinski definition) is 1. The van der Waals surface area contributed by atoms with Crippen LogP contribution in [0.2, 0.25) is 0 Å². The number of amides is 1. The Labute approximate surface area is 176 Å². The lowest BCUT2D eigenvalue weighted by molar-refractivity contribution is 0.102. The van der Waals surface area contributed by atoms with E-state index in [1.54, 1.807) is 17.8 Å². The number of nitrogens with one attached hydrogen (secondary N) is 1. The molecule has 0 bridgehead atoms. The Morgan fingerprint density at radius 3 is 2.83 bits per heavy atom. The molecule has 1 amide bonds. The van der Waals surface area contributed by atoms with Crippen LogP contribution in [-0.4, -0.2) is 32.4 Å². The van der Waals surface area contributed by atoms with Crippen LogP contribution in [0.25, 0.3) is 17.1 Å². The third-order valence-electron chi connectivity index (χ3n) is 5.04. The Balaban J connectivity index is 1.50. The van der Waals surface area contributed by atoms with E-state index >= 15 is 0 Å². The van der Waals surface area contributed by atoms with E-state index in [0.717, 1.165) is 33.8 Å². The zero-order valence-electron chi connectivity index (χ0n) is 16.5. The second-order valence-electron chi connectivity index (χ2n) is 7.00. The number of aryl methyl sites for hydroxylation is 1. The van der Waals surface area contributed by atoms with E-state index < -0.39 is 0 Å². The molecular formula is C21H19N5O3S. The van der Waals surface area contributed by atoms with Crippen molar-refractivity contribution in [3.63, 3.8) is 0 Å². The zero-order valence-corrected chi connectivity index (χ0v) is 17.3. The van der Waals surface area contributed by atoms with Gasteiger partial charge in [0.25, 0.3) is 11.8 Å². The number of aromatic nitrogens is 4. The van der Waals surface area contributed by atoms with Crippen molar-refractivity contribution < 1.29 is 14.1 Å². The van der Waals surface area contributed by atoms with Gasteiger partial charge in [0.05, 0.1) is 41.9 Å². The molecule has 0 saturated carbocycles. The van der Waals surface area contributed by atoms with Crippen molar-refractivity contribution in [1.29, 1.82) is 0 Å². The van der Waals surface area contributed by atoms with Gasteiger partial charge in [0.15, 0.2) is 5.82 Å². The molecule has 0 saturated heterocycles. The normalized spacial score (nSPS) is 13.3. The molecule has 3 aromatic heterocycles. The highest BCUT2D eigenvalue weighted by Crippen LogP contribution is 2.42. The van der Waals surface area contributed by atoms with Gasteiger partial charge in [-0.05, 0) is 38.0 Å². The number of ether oxygens (including phenoxy) is 1. The summed E-state index contributed by atoms with van der Waals surface area (Å²) < 4.78 is 12.8. The standard InChI is InChI=1S/C21H19N5O3S/c1-12-16(10-22-26(12)14-6-4-3-5-7-14)19(27)24-21-18(20-23-13(2)25-29-20)15-8-9-28-11-17(15)30-21/h3-7,10H,8-9,11H2,1-2H3,(H,24,27). The lowest BCUT2D eigenvalue weighted by Gasteiger charge is -2.12. The van der Waals surface area contributed by atoms with Crippen LogP contribution >= 0.6 is 11.3 Å². The lowest BCUT2D eigenvalue weighted by Crippen LogP contribution is -2.13. The maximum absolute atomic E-state index is 13.1. The van der Waals surface area contributed by atoms with Gasteiger partial charge in [-0.25, -0.2) is 4.68 Å². The summed E-state index contributed by atoms with van der Waals surface area (Å²) in [5.74, 6) is 0.736. The van der Waals surface area contributed by atoms with Crippen molar-refractivity contribution in [2.24, 2.45) is 0 Å². The Bertz CT molecular complexity index is 1220. The molecule has 0 atom stereocenters. The first-order chi connectivity index (χ1) is 14.6. The van der Waals surface area contributed by atoms with E-state index in [9.17, 15) is 4.79 Å². The largest absolute Gasteiger partial charge is 0.376 e. The molecule has 0 unspecified atom stereocenters. The molecule has 9 heteroatoms. The lowest BCUT2D eigenvalue weighted by atomic mass is 10.1. The van der Waals surface area contributed by atoms with Crippen LogP contribution in [0.5, 0.6) is 0 Å². The first kappa shape index (κ1) is 18.7. The molecule has 0 spiro atoms. The Kier molecular flexibility index (Phi) is 4.68. The maximum Gasteiger partial charge on any atom is 0.261 e. The number of rotatable bonds is 4. The summed E-state index contributed by atoms with van der Waals surface area (Å²) in [5.41, 5.74) is 4.06. The van der Waals surface area contributed by atoms with Crippen LogP contribution in [0.4, 0.5) is 5.00 Å². The van der Waals surface area contributed by atoms with Gasteiger partial charge in [0.1, 0.15) is 5.00 Å². The van der Waals surface area contributed by atoms with Crippen molar-refractivity contribution >= 4 is 22.2 Å². The smallest absolute Gasteiger partial charge is 0.261 e. The molecule has 4 aromatic rings. The topological polar surface area (TPSA) is 95.1 Å². The predicted molar refractivity (Wildman–Crippen MR) is 112 cm³/mol. The first-order valence-corrected chi connectivity index (χ1v) is 10.4. The summed E-state index contributed by atoms with van der Waals surface area (Å²) in [4.78, 5) is 18.6. The quantitative estimate of drug-likeness (QED) is 0.537. The number of carbonyl (C=O) groups excluding carboxylic acids is 1. The van der Waals surface area contributed by atoms with Gasteiger partial charge in [-0.15, -0.1) is 11.3 Å². The fourth-order valence-electron chi connectivity index (χ4n) is 3.58. The van der Waals surface area contributed by atoms with Crippen molar-refractivity contribution in [3.8, 4) is 17.1 Å². The minimum absolute atomic E-state index is 0.230. The van der Waals surface area contributed by atoms with E-state index in [0.29, 0.717) is 35.5 Å². The average molecular weight is 421 g/mol. The molecule has 1 aliphatic rings. The highest BCUT2D eigenvalue weighted by atomic mass is 32.1. The van der Waals surface area contributed by atoms with Gasteiger partial charge in [-0.1, -0.05) is 23.4 Å². The monoisotopic (exact) mass is 421 g/mol. The van der Waals surface area contributed by atoms with Crippen molar-refractivity contribution in [2.75, 3.05) is 11.9 Å². The van der Waals surface area contributed by atoms with Gasteiger partial charge in [0, 0.05) is 4.88 Å². The van der Waals surface area contributed by atoms with E-state index in [4.69, 9.17) is 9.26 Å². The molecule has 30 heavy (non-hydrogen) atoms. The van der Waals surface area contributed by atoms with Gasteiger partial charge in [-0.2, -0.15) is 10.1 Å². The van der Waals surface area contributed by atoms with E-state index in [1.165, 1.54) is 11.3 Å². The number of benzene rings is 1. The summed E-state index contributed by atoms with van der Waals surface area (Å²) >= 11 is 1.49. The number of para-hydroxylation sites is 1. The number of nitrogens with zero attached hydrogens (tertiary/aromatic N) is 4. The van der Waals surface area contributed by atoms with Crippen LogP contribution in [0.3, 0.4) is 0 Å². The van der Waals surface area contributed by atoms with Crippen LogP contribution in [-0.2, 0) is 17.8 Å². The predicted octanol–water partition coefficient (Wildman–Crippen LogP) is 3.93. The Morgan fingerprint density at radius 1 is 1.23 bits per heavy atom. The molecule has 0 fully saturated rings. The molecule has 1 aromatic carbocycles. The maximum atomic E-state index is 13.1. The number of carbonyl (C=O) groups is 1. The minimum atomic E-state index is -0.230. The number of hydrogen-bond acceptors (Lipinski definition) is 7. The van der Waals surface area contributed by atoms with Crippen LogP contribution < -0.4 is 5.32 Å². The van der Waals surface area contributed by atoms with E-state index in [2.05, 4.69) is 20.6 Å². The van der Waals surface area contributed by atoms with Gasteiger partial charge < -0.3 is 14.6 Å². The third-order valence-corrected chi connectivity index (χ3v) is 6.16. The number of thiophene rings is 1. The highest BCUT2D eigenvalue weighted by Gasteiger charge is 2.27. The van der Waals surface area contributed by atoms with E-state index in [-0.39, 0.29) is 5.91 Å². The Morgan fingerprint density at radius 2 is 2.07 bits per heavy atom. The third kappa shape index (κ3) is 3.21. The summed E-state index contributed by atoms with van der Waals surface area (Å²) in [6, 6.07) is 9.72. The first-order valence-electron chi connectivity index (χ1n) is 9.56. The summed E-state index contributed by atoms with van der Waals surface area (Å²) in [5, 5.41) is 12.0. The molecule has 1 N–H and O–H groups in total. The fourth-order valence-corrected chi connectivity index (χ4v) is 4.75. The minimum Gasteiger partial charge on any atom is -0.376 e. The second kappa shape index (κ2) is 7.51. The molecule has 0 radical (unpaired) electrons. The van der Waals surface area contributed by atoms with Crippen molar-refractivity contribution in [1.82, 2.24) is 19.9 Å². The molecule has 8 nitrogen and oxygen atoms in total. The van der Waals surface area contributed by atoms with Gasteiger partial charge >= 0.3 is 0 Å². The van der Waals surface area contributed by atoms with Crippen LogP contribution in [0.15, 0.2) is 41.1 Å². The summed E-state index contributed by atoms with van der Waals surface area (Å²) in [6.07, 6.45) is 2.33. The highest BCUT2D eigenvalue weighted by molar-refractivity contribution is 7.17. The second-order valence-corrected chi connectivity index (χ2v) is 8.11. The van der Waals surface area contributed by atoms with E-state index in [1.807, 2.05) is 37.3 Å². The molecule has 0 aliphatic carbocycles. The summed E-state index contributed by atoms with van der Waals surface area (Å²) in [7, 11) is 0. The van der Waals surface area contributed by atoms with Crippen molar-refractivity contribution in [2.45, 2.75) is 26.9 Å². The van der Waals surface area contributed by atoms with Gasteiger partial charge in [0.2, 0.25) is 0 Å². The van der Waals surface area contributed by atoms with Crippen LogP contribution in [0, 0.1) is 13.8 Å². The summed E-state index contributed by atoms with van der Waals surface area (Å²) in [6.45, 7) is 4.79. The molecule has 4 heterocycles. The van der Waals surface area contributed by atoms with Gasteiger partial charge in [-0.3, -0.25) is 4.79 Å².